The number of rotatable bonds is 4. The Balaban J connectivity index is 2.06. The molecule has 0 aliphatic heterocycles. The van der Waals surface area contributed by atoms with Crippen molar-refractivity contribution in [2.24, 2.45) is 5.92 Å². The molecule has 0 saturated carbocycles. The SMILES string of the molecule is CCc1nc(SCC(=O)NC)c2c3c(sc2n1)CC(C)CC3. The zero-order chi connectivity index (χ0) is 15.7. The van der Waals surface area contributed by atoms with Crippen molar-refractivity contribution in [3.63, 3.8) is 0 Å². The number of carbonyl (C=O) groups excluding carboxylic acids is 1. The molecule has 1 aliphatic carbocycles. The van der Waals surface area contributed by atoms with Gasteiger partial charge < -0.3 is 5.32 Å². The first kappa shape index (κ1) is 15.7. The quantitative estimate of drug-likeness (QED) is 0.688. The largest absolute Gasteiger partial charge is 0.358 e. The van der Waals surface area contributed by atoms with Crippen molar-refractivity contribution in [3.05, 3.63) is 16.3 Å². The highest BCUT2D eigenvalue weighted by Crippen LogP contribution is 2.40. The maximum absolute atomic E-state index is 11.6. The number of fused-ring (bicyclic) bond motifs is 3. The van der Waals surface area contributed by atoms with Crippen LogP contribution in [0.5, 0.6) is 0 Å². The second-order valence-corrected chi connectivity index (χ2v) is 7.84. The van der Waals surface area contributed by atoms with Crippen LogP contribution in [-0.4, -0.2) is 28.7 Å². The topological polar surface area (TPSA) is 54.9 Å². The first-order valence-corrected chi connectivity index (χ1v) is 9.57. The van der Waals surface area contributed by atoms with Gasteiger partial charge in [0.2, 0.25) is 5.91 Å². The molecule has 2 aromatic rings. The summed E-state index contributed by atoms with van der Waals surface area (Å²) in [4.78, 5) is 23.6. The van der Waals surface area contributed by atoms with Crippen LogP contribution in [0.1, 0.15) is 36.5 Å². The molecule has 0 fully saturated rings. The second kappa shape index (κ2) is 6.54. The van der Waals surface area contributed by atoms with Crippen LogP contribution in [0.2, 0.25) is 0 Å². The van der Waals surface area contributed by atoms with Crippen LogP contribution >= 0.6 is 23.1 Å². The Morgan fingerprint density at radius 2 is 2.27 bits per heavy atom. The molecule has 0 saturated heterocycles. The molecule has 1 amide bonds. The lowest BCUT2D eigenvalue weighted by Crippen LogP contribution is -2.19. The molecule has 0 bridgehead atoms. The van der Waals surface area contributed by atoms with Crippen LogP contribution in [-0.2, 0) is 24.1 Å². The van der Waals surface area contributed by atoms with Gasteiger partial charge in [-0.15, -0.1) is 11.3 Å². The molecule has 0 spiro atoms. The minimum Gasteiger partial charge on any atom is -0.358 e. The van der Waals surface area contributed by atoms with Crippen molar-refractivity contribution in [1.29, 1.82) is 0 Å². The highest BCUT2D eigenvalue weighted by molar-refractivity contribution is 8.00. The van der Waals surface area contributed by atoms with E-state index in [1.54, 1.807) is 7.05 Å². The van der Waals surface area contributed by atoms with Crippen LogP contribution in [0, 0.1) is 5.92 Å². The molecule has 22 heavy (non-hydrogen) atoms. The minimum absolute atomic E-state index is 0.0348. The summed E-state index contributed by atoms with van der Waals surface area (Å²) in [6.45, 7) is 4.39. The Bertz CT molecular complexity index is 711. The van der Waals surface area contributed by atoms with E-state index in [4.69, 9.17) is 9.97 Å². The number of carbonyl (C=O) groups is 1. The van der Waals surface area contributed by atoms with E-state index in [0.717, 1.165) is 40.9 Å². The van der Waals surface area contributed by atoms with Crippen LogP contribution in [0.3, 0.4) is 0 Å². The lowest BCUT2D eigenvalue weighted by atomic mass is 9.89. The van der Waals surface area contributed by atoms with E-state index in [1.165, 1.54) is 34.0 Å². The first-order chi connectivity index (χ1) is 10.6. The molecule has 1 atom stereocenters. The molecular weight excluding hydrogens is 314 g/mol. The van der Waals surface area contributed by atoms with Gasteiger partial charge in [0.1, 0.15) is 15.7 Å². The number of thioether (sulfide) groups is 1. The summed E-state index contributed by atoms with van der Waals surface area (Å²) in [6, 6.07) is 0. The number of amides is 1. The normalized spacial score (nSPS) is 17.5. The van der Waals surface area contributed by atoms with Crippen molar-refractivity contribution in [1.82, 2.24) is 15.3 Å². The summed E-state index contributed by atoms with van der Waals surface area (Å²) in [5.74, 6) is 2.07. The molecule has 2 aromatic heterocycles. The Kier molecular flexibility index (Phi) is 4.68. The maximum atomic E-state index is 11.6. The van der Waals surface area contributed by atoms with Gasteiger partial charge in [0.05, 0.1) is 5.75 Å². The van der Waals surface area contributed by atoms with Gasteiger partial charge in [-0.3, -0.25) is 4.79 Å². The van der Waals surface area contributed by atoms with Gasteiger partial charge in [-0.25, -0.2) is 9.97 Å². The number of thiophene rings is 1. The van der Waals surface area contributed by atoms with Crippen molar-refractivity contribution >= 4 is 39.2 Å². The summed E-state index contributed by atoms with van der Waals surface area (Å²) in [6.07, 6.45) is 4.31. The van der Waals surface area contributed by atoms with Crippen molar-refractivity contribution in [2.75, 3.05) is 12.8 Å². The molecule has 6 heteroatoms. The summed E-state index contributed by atoms with van der Waals surface area (Å²) in [5, 5.41) is 4.86. The zero-order valence-electron chi connectivity index (χ0n) is 13.2. The lowest BCUT2D eigenvalue weighted by molar-refractivity contribution is -0.118. The van der Waals surface area contributed by atoms with Crippen LogP contribution in [0.15, 0.2) is 5.03 Å². The highest BCUT2D eigenvalue weighted by atomic mass is 32.2. The van der Waals surface area contributed by atoms with Gasteiger partial charge in [0.25, 0.3) is 0 Å². The predicted octanol–water partition coefficient (Wildman–Crippen LogP) is 3.22. The fourth-order valence-corrected chi connectivity index (χ4v) is 5.23. The van der Waals surface area contributed by atoms with Gasteiger partial charge in [0.15, 0.2) is 0 Å². The van der Waals surface area contributed by atoms with Crippen LogP contribution in [0.25, 0.3) is 10.2 Å². The van der Waals surface area contributed by atoms with E-state index in [1.807, 2.05) is 11.3 Å². The number of hydrogen-bond donors (Lipinski definition) is 1. The average Bonchev–Trinajstić information content (AvgIpc) is 2.89. The standard InChI is InChI=1S/C16H21N3OS2/c1-4-12-18-15(21-8-13(20)17-3)14-10-6-5-9(2)7-11(10)22-16(14)19-12/h9H,4-8H2,1-3H3,(H,17,20). The van der Waals surface area contributed by atoms with E-state index in [0.29, 0.717) is 5.75 Å². The van der Waals surface area contributed by atoms with Crippen LogP contribution in [0.4, 0.5) is 0 Å². The number of aryl methyl sites for hydroxylation is 2. The molecule has 1 unspecified atom stereocenters. The third kappa shape index (κ3) is 2.99. The maximum Gasteiger partial charge on any atom is 0.230 e. The van der Waals surface area contributed by atoms with Gasteiger partial charge in [-0.1, -0.05) is 25.6 Å². The van der Waals surface area contributed by atoms with Crippen molar-refractivity contribution in [3.8, 4) is 0 Å². The molecule has 118 valence electrons. The van der Waals surface area contributed by atoms with Crippen molar-refractivity contribution < 1.29 is 4.79 Å². The molecule has 3 rings (SSSR count). The summed E-state index contributed by atoms with van der Waals surface area (Å²) >= 11 is 3.36. The first-order valence-electron chi connectivity index (χ1n) is 7.76. The smallest absolute Gasteiger partial charge is 0.230 e. The Morgan fingerprint density at radius 3 is 3.00 bits per heavy atom. The molecule has 0 aromatic carbocycles. The van der Waals surface area contributed by atoms with Gasteiger partial charge >= 0.3 is 0 Å². The van der Waals surface area contributed by atoms with Gasteiger partial charge in [-0.2, -0.15) is 0 Å². The second-order valence-electron chi connectivity index (χ2n) is 5.79. The van der Waals surface area contributed by atoms with Gasteiger partial charge in [-0.05, 0) is 30.7 Å². The lowest BCUT2D eigenvalue weighted by Gasteiger charge is -2.18. The summed E-state index contributed by atoms with van der Waals surface area (Å²) in [7, 11) is 1.67. The third-order valence-electron chi connectivity index (χ3n) is 4.10. The summed E-state index contributed by atoms with van der Waals surface area (Å²) in [5.41, 5.74) is 1.43. The van der Waals surface area contributed by atoms with E-state index < -0.39 is 0 Å². The third-order valence-corrected chi connectivity index (χ3v) is 6.23. The Morgan fingerprint density at radius 1 is 1.45 bits per heavy atom. The number of nitrogens with one attached hydrogen (secondary N) is 1. The summed E-state index contributed by atoms with van der Waals surface area (Å²) < 4.78 is 0. The molecular formula is C16H21N3OS2. The molecule has 0 radical (unpaired) electrons. The molecule has 4 nitrogen and oxygen atoms in total. The fraction of sp³-hybridized carbons (Fsp3) is 0.562. The minimum atomic E-state index is 0.0348. The van der Waals surface area contributed by atoms with E-state index >= 15 is 0 Å². The number of nitrogens with zero attached hydrogens (tertiary/aromatic N) is 2. The zero-order valence-corrected chi connectivity index (χ0v) is 14.9. The Hall–Kier alpha value is -1.14. The van der Waals surface area contributed by atoms with Gasteiger partial charge in [0, 0.05) is 23.7 Å². The fourth-order valence-electron chi connectivity index (χ4n) is 2.82. The predicted molar refractivity (Wildman–Crippen MR) is 92.8 cm³/mol. The molecule has 1 aliphatic rings. The average molecular weight is 335 g/mol. The van der Waals surface area contributed by atoms with E-state index in [2.05, 4.69) is 19.2 Å². The molecule has 1 N–H and O–H groups in total. The van der Waals surface area contributed by atoms with E-state index in [9.17, 15) is 4.79 Å². The van der Waals surface area contributed by atoms with Crippen molar-refractivity contribution in [2.45, 2.75) is 44.6 Å². The monoisotopic (exact) mass is 335 g/mol. The Labute approximate surface area is 139 Å². The highest BCUT2D eigenvalue weighted by Gasteiger charge is 2.24. The number of hydrogen-bond acceptors (Lipinski definition) is 5. The number of aromatic nitrogens is 2. The van der Waals surface area contributed by atoms with Crippen LogP contribution < -0.4 is 5.32 Å². The van der Waals surface area contributed by atoms with E-state index in [-0.39, 0.29) is 5.91 Å². The molecule has 2 heterocycles.